The molecule has 1 aliphatic carbocycles. The van der Waals surface area contributed by atoms with Crippen LogP contribution in [-0.2, 0) is 9.53 Å². The number of nitrogens with two attached hydrogens (primary N) is 1. The van der Waals surface area contributed by atoms with Gasteiger partial charge >= 0.3 is 5.97 Å². The van der Waals surface area contributed by atoms with E-state index < -0.39 is 0 Å². The highest BCUT2D eigenvalue weighted by molar-refractivity contribution is 5.85. The summed E-state index contributed by atoms with van der Waals surface area (Å²) in [7, 11) is 1.38. The lowest BCUT2D eigenvalue weighted by Crippen LogP contribution is -2.11. The van der Waals surface area contributed by atoms with Gasteiger partial charge in [-0.3, -0.25) is 4.79 Å². The van der Waals surface area contributed by atoms with Crippen LogP contribution in [0.1, 0.15) is 6.42 Å². The summed E-state index contributed by atoms with van der Waals surface area (Å²) in [5, 5.41) is 0. The third kappa shape index (κ3) is 1.84. The average Bonchev–Trinajstić information content (AvgIpc) is 2.45. The molecule has 0 aromatic rings. The number of rotatable bonds is 1. The molecular formula is C5H10ClNO2. The Kier molecular flexibility index (Phi) is 2.94. The van der Waals surface area contributed by atoms with Crippen molar-refractivity contribution in [2.75, 3.05) is 7.11 Å². The molecule has 0 saturated heterocycles. The Balaban J connectivity index is 0.000000640. The second-order valence-electron chi connectivity index (χ2n) is 2.03. The van der Waals surface area contributed by atoms with E-state index >= 15 is 0 Å². The fourth-order valence-electron chi connectivity index (χ4n) is 0.637. The number of methoxy groups -OCH3 is 1. The van der Waals surface area contributed by atoms with Crippen molar-refractivity contribution in [3.63, 3.8) is 0 Å². The molecule has 0 radical (unpaired) electrons. The molecule has 4 heteroatoms. The van der Waals surface area contributed by atoms with Crippen LogP contribution in [0.25, 0.3) is 0 Å². The van der Waals surface area contributed by atoms with Gasteiger partial charge in [0, 0.05) is 6.04 Å². The van der Waals surface area contributed by atoms with Crippen LogP contribution in [-0.4, -0.2) is 19.1 Å². The van der Waals surface area contributed by atoms with E-state index in [1.165, 1.54) is 7.11 Å². The summed E-state index contributed by atoms with van der Waals surface area (Å²) in [6.07, 6.45) is 0.798. The predicted octanol–water partition coefficient (Wildman–Crippen LogP) is -0.0716. The van der Waals surface area contributed by atoms with E-state index in [1.807, 2.05) is 0 Å². The number of carbonyl (C=O) groups is 1. The number of hydrogen-bond acceptors (Lipinski definition) is 3. The van der Waals surface area contributed by atoms with Gasteiger partial charge in [0.05, 0.1) is 13.0 Å². The zero-order valence-electron chi connectivity index (χ0n) is 5.16. The van der Waals surface area contributed by atoms with E-state index in [-0.39, 0.29) is 30.3 Å². The molecule has 0 spiro atoms. The topological polar surface area (TPSA) is 52.3 Å². The monoisotopic (exact) mass is 151 g/mol. The standard InChI is InChI=1S/C5H9NO2.ClH/c1-8-5(7)3-2-4(3)6;/h3-4H,2,6H2,1H3;1H. The third-order valence-electron chi connectivity index (χ3n) is 1.34. The summed E-state index contributed by atoms with van der Waals surface area (Å²) < 4.78 is 4.43. The minimum Gasteiger partial charge on any atom is -0.469 e. The second-order valence-corrected chi connectivity index (χ2v) is 2.03. The van der Waals surface area contributed by atoms with Crippen molar-refractivity contribution in [1.82, 2.24) is 0 Å². The van der Waals surface area contributed by atoms with Gasteiger partial charge in [-0.2, -0.15) is 0 Å². The molecule has 0 heterocycles. The Morgan fingerprint density at radius 3 is 2.33 bits per heavy atom. The quantitative estimate of drug-likeness (QED) is 0.534. The van der Waals surface area contributed by atoms with Crippen LogP contribution < -0.4 is 5.73 Å². The molecule has 0 aromatic carbocycles. The zero-order valence-corrected chi connectivity index (χ0v) is 5.98. The number of halogens is 1. The van der Waals surface area contributed by atoms with Crippen LogP contribution >= 0.6 is 12.4 Å². The molecular weight excluding hydrogens is 142 g/mol. The first-order valence-electron chi connectivity index (χ1n) is 2.59. The van der Waals surface area contributed by atoms with Crippen molar-refractivity contribution in [2.24, 2.45) is 11.7 Å². The van der Waals surface area contributed by atoms with Crippen LogP contribution in [0.4, 0.5) is 0 Å². The smallest absolute Gasteiger partial charge is 0.310 e. The molecule has 1 saturated carbocycles. The van der Waals surface area contributed by atoms with Crippen LogP contribution in [0, 0.1) is 5.92 Å². The summed E-state index contributed by atoms with van der Waals surface area (Å²) in [5.74, 6) is -0.169. The molecule has 9 heavy (non-hydrogen) atoms. The van der Waals surface area contributed by atoms with Gasteiger partial charge in [0.25, 0.3) is 0 Å². The normalized spacial score (nSPS) is 30.4. The summed E-state index contributed by atoms with van der Waals surface area (Å²) in [4.78, 5) is 10.5. The molecule has 54 valence electrons. The maximum atomic E-state index is 10.5. The van der Waals surface area contributed by atoms with Gasteiger partial charge in [0.2, 0.25) is 0 Å². The van der Waals surface area contributed by atoms with E-state index in [0.717, 1.165) is 6.42 Å². The molecule has 1 rings (SSSR count). The molecule has 3 nitrogen and oxygen atoms in total. The van der Waals surface area contributed by atoms with Crippen LogP contribution in [0.15, 0.2) is 0 Å². The first-order valence-corrected chi connectivity index (χ1v) is 2.59. The molecule has 1 aliphatic rings. The van der Waals surface area contributed by atoms with E-state index in [1.54, 1.807) is 0 Å². The lowest BCUT2D eigenvalue weighted by atomic mass is 10.4. The molecule has 2 N–H and O–H groups in total. The highest BCUT2D eigenvalue weighted by Gasteiger charge is 2.40. The molecule has 0 aromatic heterocycles. The van der Waals surface area contributed by atoms with Crippen molar-refractivity contribution < 1.29 is 9.53 Å². The maximum Gasteiger partial charge on any atom is 0.310 e. The van der Waals surface area contributed by atoms with Gasteiger partial charge in [-0.05, 0) is 6.42 Å². The van der Waals surface area contributed by atoms with Crippen molar-refractivity contribution in [1.29, 1.82) is 0 Å². The number of esters is 1. The Labute approximate surface area is 60.0 Å². The molecule has 1 fully saturated rings. The largest absolute Gasteiger partial charge is 0.469 e. The van der Waals surface area contributed by atoms with Crippen molar-refractivity contribution in [2.45, 2.75) is 12.5 Å². The minimum absolute atomic E-state index is 0. The average molecular weight is 152 g/mol. The molecule has 0 bridgehead atoms. The van der Waals surface area contributed by atoms with Gasteiger partial charge in [-0.25, -0.2) is 0 Å². The summed E-state index contributed by atoms with van der Waals surface area (Å²) in [5.41, 5.74) is 5.34. The van der Waals surface area contributed by atoms with E-state index in [0.29, 0.717) is 0 Å². The third-order valence-corrected chi connectivity index (χ3v) is 1.34. The number of ether oxygens (including phenoxy) is 1. The Hall–Kier alpha value is -0.280. The highest BCUT2D eigenvalue weighted by Crippen LogP contribution is 2.28. The number of carbonyl (C=O) groups excluding carboxylic acids is 1. The molecule has 0 amide bonds. The van der Waals surface area contributed by atoms with Crippen molar-refractivity contribution in [3.05, 3.63) is 0 Å². The second kappa shape index (κ2) is 3.03. The van der Waals surface area contributed by atoms with Crippen molar-refractivity contribution >= 4 is 18.4 Å². The fourth-order valence-corrected chi connectivity index (χ4v) is 0.637. The van der Waals surface area contributed by atoms with Gasteiger partial charge in [0.15, 0.2) is 0 Å². The Bertz CT molecular complexity index is 118. The first-order chi connectivity index (χ1) is 3.75. The summed E-state index contributed by atoms with van der Waals surface area (Å²) in [6, 6.07) is 0.0717. The Morgan fingerprint density at radius 2 is 2.22 bits per heavy atom. The molecule has 2 unspecified atom stereocenters. The van der Waals surface area contributed by atoms with E-state index in [2.05, 4.69) is 4.74 Å². The van der Waals surface area contributed by atoms with Crippen molar-refractivity contribution in [3.8, 4) is 0 Å². The van der Waals surface area contributed by atoms with Gasteiger partial charge in [0.1, 0.15) is 0 Å². The van der Waals surface area contributed by atoms with Gasteiger partial charge in [-0.15, -0.1) is 12.4 Å². The summed E-state index contributed by atoms with van der Waals surface area (Å²) >= 11 is 0. The lowest BCUT2D eigenvalue weighted by Gasteiger charge is -1.91. The molecule has 2 atom stereocenters. The zero-order chi connectivity index (χ0) is 6.15. The SMILES string of the molecule is COC(=O)C1CC1N.Cl. The van der Waals surface area contributed by atoms with Gasteiger partial charge in [-0.1, -0.05) is 0 Å². The molecule has 0 aliphatic heterocycles. The summed E-state index contributed by atoms with van der Waals surface area (Å²) in [6.45, 7) is 0. The van der Waals surface area contributed by atoms with E-state index in [4.69, 9.17) is 5.73 Å². The van der Waals surface area contributed by atoms with Crippen LogP contribution in [0.3, 0.4) is 0 Å². The minimum atomic E-state index is -0.169. The van der Waals surface area contributed by atoms with Gasteiger partial charge < -0.3 is 10.5 Å². The highest BCUT2D eigenvalue weighted by atomic mass is 35.5. The Morgan fingerprint density at radius 1 is 1.78 bits per heavy atom. The fraction of sp³-hybridized carbons (Fsp3) is 0.800. The number of hydrogen-bond donors (Lipinski definition) is 1. The first kappa shape index (κ1) is 8.72. The predicted molar refractivity (Wildman–Crippen MR) is 35.3 cm³/mol. The van der Waals surface area contributed by atoms with E-state index in [9.17, 15) is 4.79 Å². The van der Waals surface area contributed by atoms with Crippen LogP contribution in [0.5, 0.6) is 0 Å². The maximum absolute atomic E-state index is 10.5. The lowest BCUT2D eigenvalue weighted by molar-refractivity contribution is -0.142. The van der Waals surface area contributed by atoms with Crippen LogP contribution in [0.2, 0.25) is 0 Å².